The summed E-state index contributed by atoms with van der Waals surface area (Å²) in [6.45, 7) is 0. The van der Waals surface area contributed by atoms with Gasteiger partial charge in [0.05, 0.1) is 0 Å². The minimum atomic E-state index is -0.886. The monoisotopic (exact) mass is 247 g/mol. The van der Waals surface area contributed by atoms with Crippen molar-refractivity contribution in [2.75, 3.05) is 5.75 Å². The van der Waals surface area contributed by atoms with Crippen LogP contribution in [0.15, 0.2) is 39.7 Å². The van der Waals surface area contributed by atoms with Crippen LogP contribution >= 0.6 is 11.8 Å². The summed E-state index contributed by atoms with van der Waals surface area (Å²) in [7, 11) is 0. The Balaban J connectivity index is 1.99. The molecule has 1 aliphatic heterocycles. The second kappa shape index (κ2) is 3.92. The lowest BCUT2D eigenvalue weighted by Crippen LogP contribution is -2.17. The van der Waals surface area contributed by atoms with Crippen molar-refractivity contribution in [1.82, 2.24) is 0 Å². The van der Waals surface area contributed by atoms with E-state index in [1.807, 2.05) is 30.3 Å². The Hall–Kier alpha value is -1.75. The fourth-order valence-electron chi connectivity index (χ4n) is 1.72. The number of hydrogen-bond donors (Lipinski definition) is 1. The summed E-state index contributed by atoms with van der Waals surface area (Å²) < 4.78 is 5.64. The Morgan fingerprint density at radius 1 is 1.47 bits per heavy atom. The number of aliphatic imine (C=N–C) groups is 1. The molecule has 0 radical (unpaired) electrons. The molecule has 0 bridgehead atoms. The SMILES string of the molecule is O=C(O)C1CSC(c2cc3ccccc3o2)=N1. The minimum Gasteiger partial charge on any atom is -0.480 e. The molecule has 0 saturated heterocycles. The fraction of sp³-hybridized carbons (Fsp3) is 0.167. The summed E-state index contributed by atoms with van der Waals surface area (Å²) in [4.78, 5) is 14.9. The Bertz CT molecular complexity index is 584. The lowest BCUT2D eigenvalue weighted by atomic mass is 10.2. The third kappa shape index (κ3) is 1.82. The Labute approximate surface area is 101 Å². The third-order valence-corrected chi connectivity index (χ3v) is 3.63. The number of hydrogen-bond acceptors (Lipinski definition) is 4. The number of benzene rings is 1. The molecule has 1 N–H and O–H groups in total. The summed E-state index contributed by atoms with van der Waals surface area (Å²) in [6, 6.07) is 8.92. The first kappa shape index (κ1) is 10.4. The summed E-state index contributed by atoms with van der Waals surface area (Å²) >= 11 is 1.42. The van der Waals surface area contributed by atoms with Gasteiger partial charge in [0.1, 0.15) is 10.6 Å². The first-order chi connectivity index (χ1) is 8.24. The maximum absolute atomic E-state index is 10.8. The molecule has 1 aliphatic rings. The smallest absolute Gasteiger partial charge is 0.329 e. The molecule has 1 unspecified atom stereocenters. The molecule has 0 saturated carbocycles. The minimum absolute atomic E-state index is 0.474. The maximum Gasteiger partial charge on any atom is 0.329 e. The van der Waals surface area contributed by atoms with Crippen LogP contribution in [0.1, 0.15) is 5.76 Å². The van der Waals surface area contributed by atoms with E-state index in [0.717, 1.165) is 11.0 Å². The van der Waals surface area contributed by atoms with Gasteiger partial charge in [0, 0.05) is 11.1 Å². The molecule has 1 aromatic carbocycles. The maximum atomic E-state index is 10.8. The largest absolute Gasteiger partial charge is 0.480 e. The van der Waals surface area contributed by atoms with E-state index >= 15 is 0 Å². The zero-order valence-corrected chi connectivity index (χ0v) is 9.61. The summed E-state index contributed by atoms with van der Waals surface area (Å²) in [5, 5.41) is 10.5. The molecule has 17 heavy (non-hydrogen) atoms. The van der Waals surface area contributed by atoms with Gasteiger partial charge in [0.25, 0.3) is 0 Å². The highest BCUT2D eigenvalue weighted by molar-refractivity contribution is 8.14. The lowest BCUT2D eigenvalue weighted by Gasteiger charge is -1.93. The van der Waals surface area contributed by atoms with Crippen molar-refractivity contribution < 1.29 is 14.3 Å². The molecule has 0 spiro atoms. The van der Waals surface area contributed by atoms with Crippen LogP contribution in [0, 0.1) is 0 Å². The average molecular weight is 247 g/mol. The third-order valence-electron chi connectivity index (χ3n) is 2.57. The van der Waals surface area contributed by atoms with Crippen LogP contribution < -0.4 is 0 Å². The molecule has 86 valence electrons. The van der Waals surface area contributed by atoms with E-state index in [9.17, 15) is 4.79 Å². The predicted octanol–water partition coefficient (Wildman–Crippen LogP) is 2.38. The van der Waals surface area contributed by atoms with Crippen LogP contribution in [0.3, 0.4) is 0 Å². The molecule has 0 fully saturated rings. The lowest BCUT2D eigenvalue weighted by molar-refractivity contribution is -0.137. The highest BCUT2D eigenvalue weighted by atomic mass is 32.2. The van der Waals surface area contributed by atoms with Gasteiger partial charge in [-0.25, -0.2) is 4.79 Å². The van der Waals surface area contributed by atoms with Crippen LogP contribution in [0.5, 0.6) is 0 Å². The normalized spacial score (nSPS) is 19.5. The number of aliphatic carboxylic acids is 1. The number of para-hydroxylation sites is 1. The molecule has 0 aliphatic carbocycles. The van der Waals surface area contributed by atoms with Gasteiger partial charge in [-0.05, 0) is 12.1 Å². The number of rotatable bonds is 2. The van der Waals surface area contributed by atoms with Gasteiger partial charge in [-0.2, -0.15) is 0 Å². The number of carboxylic acid groups (broad SMARTS) is 1. The standard InChI is InChI=1S/C12H9NO3S/c14-12(15)8-6-17-11(13-8)10-5-7-3-1-2-4-9(7)16-10/h1-5,8H,6H2,(H,14,15). The van der Waals surface area contributed by atoms with Gasteiger partial charge in [0.2, 0.25) is 0 Å². The van der Waals surface area contributed by atoms with Crippen LogP contribution in [0.25, 0.3) is 11.0 Å². The van der Waals surface area contributed by atoms with E-state index in [-0.39, 0.29) is 0 Å². The number of thioether (sulfide) groups is 1. The van der Waals surface area contributed by atoms with Gasteiger partial charge in [0.15, 0.2) is 11.8 Å². The van der Waals surface area contributed by atoms with Crippen LogP contribution in [0.2, 0.25) is 0 Å². The van der Waals surface area contributed by atoms with E-state index in [2.05, 4.69) is 4.99 Å². The second-order valence-electron chi connectivity index (χ2n) is 3.75. The van der Waals surface area contributed by atoms with E-state index in [1.165, 1.54) is 11.8 Å². The molecule has 1 aromatic heterocycles. The molecular weight excluding hydrogens is 238 g/mol. The van der Waals surface area contributed by atoms with Crippen molar-refractivity contribution in [2.45, 2.75) is 6.04 Å². The number of carboxylic acids is 1. The molecule has 2 heterocycles. The number of furan rings is 1. The Kier molecular flexibility index (Phi) is 2.40. The summed E-state index contributed by atoms with van der Waals surface area (Å²) in [6.07, 6.45) is 0. The topological polar surface area (TPSA) is 62.8 Å². The van der Waals surface area contributed by atoms with Crippen LogP contribution in [-0.4, -0.2) is 27.9 Å². The summed E-state index contributed by atoms with van der Waals surface area (Å²) in [5.41, 5.74) is 0.796. The van der Waals surface area contributed by atoms with Crippen molar-refractivity contribution in [2.24, 2.45) is 4.99 Å². The van der Waals surface area contributed by atoms with E-state index in [4.69, 9.17) is 9.52 Å². The molecule has 1 atom stereocenters. The van der Waals surface area contributed by atoms with Crippen LogP contribution in [0.4, 0.5) is 0 Å². The highest BCUT2D eigenvalue weighted by Crippen LogP contribution is 2.27. The fourth-order valence-corrected chi connectivity index (χ4v) is 2.70. The van der Waals surface area contributed by atoms with Gasteiger partial charge in [-0.3, -0.25) is 4.99 Å². The molecule has 0 amide bonds. The molecule has 3 rings (SSSR count). The van der Waals surface area contributed by atoms with Crippen molar-refractivity contribution in [1.29, 1.82) is 0 Å². The van der Waals surface area contributed by atoms with Gasteiger partial charge in [-0.1, -0.05) is 18.2 Å². The number of carbonyl (C=O) groups is 1. The van der Waals surface area contributed by atoms with Gasteiger partial charge < -0.3 is 9.52 Å². The average Bonchev–Trinajstić information content (AvgIpc) is 2.95. The Morgan fingerprint density at radius 3 is 3.00 bits per heavy atom. The van der Waals surface area contributed by atoms with Crippen molar-refractivity contribution in [3.63, 3.8) is 0 Å². The quantitative estimate of drug-likeness (QED) is 0.885. The van der Waals surface area contributed by atoms with Gasteiger partial charge in [-0.15, -0.1) is 11.8 Å². The van der Waals surface area contributed by atoms with Crippen molar-refractivity contribution in [3.05, 3.63) is 36.1 Å². The summed E-state index contributed by atoms with van der Waals surface area (Å²) in [5.74, 6) is 0.241. The second-order valence-corrected chi connectivity index (χ2v) is 4.76. The zero-order valence-electron chi connectivity index (χ0n) is 8.79. The van der Waals surface area contributed by atoms with E-state index in [0.29, 0.717) is 16.6 Å². The molecular formula is C12H9NO3S. The zero-order chi connectivity index (χ0) is 11.8. The highest BCUT2D eigenvalue weighted by Gasteiger charge is 2.26. The van der Waals surface area contributed by atoms with Gasteiger partial charge >= 0.3 is 5.97 Å². The van der Waals surface area contributed by atoms with Crippen molar-refractivity contribution >= 4 is 33.7 Å². The van der Waals surface area contributed by atoms with Crippen molar-refractivity contribution in [3.8, 4) is 0 Å². The van der Waals surface area contributed by atoms with E-state index in [1.54, 1.807) is 0 Å². The first-order valence-corrected chi connectivity index (χ1v) is 6.15. The first-order valence-electron chi connectivity index (χ1n) is 5.16. The number of fused-ring (bicyclic) bond motifs is 1. The molecule has 5 heteroatoms. The predicted molar refractivity (Wildman–Crippen MR) is 66.6 cm³/mol. The van der Waals surface area contributed by atoms with Crippen LogP contribution in [-0.2, 0) is 4.79 Å². The van der Waals surface area contributed by atoms with E-state index < -0.39 is 12.0 Å². The molecule has 2 aromatic rings. The Morgan fingerprint density at radius 2 is 2.29 bits per heavy atom. The molecule has 4 nitrogen and oxygen atoms in total. The number of nitrogens with zero attached hydrogens (tertiary/aromatic N) is 1.